The summed E-state index contributed by atoms with van der Waals surface area (Å²) in [5.41, 5.74) is 2.67. The Morgan fingerprint density at radius 2 is 1.69 bits per heavy atom. The molecule has 1 fully saturated rings. The highest BCUT2D eigenvalue weighted by atomic mass is 32.2. The number of likely N-dealkylation sites (N-methyl/N-ethyl adjacent to an activating group) is 1. The van der Waals surface area contributed by atoms with Crippen LogP contribution in [0.1, 0.15) is 22.3 Å². The van der Waals surface area contributed by atoms with Gasteiger partial charge in [0.2, 0.25) is 10.0 Å². The molecule has 0 radical (unpaired) electrons. The zero-order valence-corrected chi connectivity index (χ0v) is 21.3. The van der Waals surface area contributed by atoms with Crippen LogP contribution < -0.4 is 10.1 Å². The molecule has 184 valence electrons. The first-order valence-electron chi connectivity index (χ1n) is 11.5. The van der Waals surface area contributed by atoms with Crippen molar-refractivity contribution in [1.29, 1.82) is 0 Å². The molecule has 1 saturated heterocycles. The second-order valence-corrected chi connectivity index (χ2v) is 10.8. The highest BCUT2D eigenvalue weighted by Crippen LogP contribution is 2.39. The fourth-order valence-electron chi connectivity index (χ4n) is 4.54. The molecule has 3 aromatic rings. The van der Waals surface area contributed by atoms with Gasteiger partial charge < -0.3 is 10.1 Å². The molecule has 0 spiro atoms. The van der Waals surface area contributed by atoms with Gasteiger partial charge in [-0.1, -0.05) is 48.5 Å². The maximum Gasteiger partial charge on any atom is 0.319 e. The highest BCUT2D eigenvalue weighted by Gasteiger charge is 2.53. The van der Waals surface area contributed by atoms with Gasteiger partial charge in [-0.3, -0.25) is 4.90 Å². The van der Waals surface area contributed by atoms with E-state index in [0.717, 1.165) is 28.0 Å². The number of hydrogen-bond donors (Lipinski definition) is 1. The molecule has 7 nitrogen and oxygen atoms in total. The van der Waals surface area contributed by atoms with E-state index in [0.29, 0.717) is 13.0 Å². The Morgan fingerprint density at radius 1 is 1.00 bits per heavy atom. The number of carbonyl (C=O) groups is 1. The van der Waals surface area contributed by atoms with E-state index in [1.165, 1.54) is 4.31 Å². The zero-order chi connectivity index (χ0) is 25.2. The predicted molar refractivity (Wildman–Crippen MR) is 136 cm³/mol. The van der Waals surface area contributed by atoms with Crippen LogP contribution in [0.3, 0.4) is 0 Å². The Balaban J connectivity index is 1.79. The quantitative estimate of drug-likeness (QED) is 0.514. The van der Waals surface area contributed by atoms with Crippen molar-refractivity contribution in [2.24, 2.45) is 0 Å². The number of benzene rings is 3. The van der Waals surface area contributed by atoms with Crippen molar-refractivity contribution >= 4 is 16.1 Å². The lowest BCUT2D eigenvalue weighted by atomic mass is 9.94. The minimum Gasteiger partial charge on any atom is -0.497 e. The van der Waals surface area contributed by atoms with E-state index in [1.54, 1.807) is 49.4 Å². The summed E-state index contributed by atoms with van der Waals surface area (Å²) in [6.07, 6.45) is 0.559. The van der Waals surface area contributed by atoms with E-state index in [4.69, 9.17) is 4.74 Å². The van der Waals surface area contributed by atoms with Gasteiger partial charge >= 0.3 is 6.03 Å². The van der Waals surface area contributed by atoms with Crippen molar-refractivity contribution in [3.8, 4) is 5.75 Å². The first-order valence-corrected chi connectivity index (χ1v) is 12.9. The van der Waals surface area contributed by atoms with Crippen molar-refractivity contribution < 1.29 is 17.9 Å². The van der Waals surface area contributed by atoms with Crippen molar-refractivity contribution in [2.75, 3.05) is 27.2 Å². The molecule has 35 heavy (non-hydrogen) atoms. The number of methoxy groups -OCH3 is 1. The maximum atomic E-state index is 13.8. The molecule has 8 heteroatoms. The number of carbonyl (C=O) groups excluding carboxylic acids is 1. The van der Waals surface area contributed by atoms with Crippen molar-refractivity contribution in [2.45, 2.75) is 30.8 Å². The van der Waals surface area contributed by atoms with Gasteiger partial charge in [-0.05, 0) is 66.8 Å². The number of sulfonamides is 1. The van der Waals surface area contributed by atoms with Crippen LogP contribution in [0.2, 0.25) is 0 Å². The topological polar surface area (TPSA) is 79.0 Å². The SMILES string of the molecule is COc1ccc(CCN2C(=O)NCC2(c2ccc(C)c(C)c2)N(C)S(=O)(=O)c2ccccc2)cc1. The second-order valence-electron chi connectivity index (χ2n) is 8.81. The largest absolute Gasteiger partial charge is 0.497 e. The summed E-state index contributed by atoms with van der Waals surface area (Å²) < 4.78 is 34.2. The number of nitrogens with one attached hydrogen (secondary N) is 1. The van der Waals surface area contributed by atoms with Crippen molar-refractivity contribution in [3.05, 3.63) is 95.1 Å². The van der Waals surface area contributed by atoms with Gasteiger partial charge in [0.05, 0.1) is 18.6 Å². The molecule has 0 saturated carbocycles. The van der Waals surface area contributed by atoms with E-state index in [-0.39, 0.29) is 17.5 Å². The second kappa shape index (κ2) is 9.71. The predicted octanol–water partition coefficient (Wildman–Crippen LogP) is 4.05. The Morgan fingerprint density at radius 3 is 2.31 bits per heavy atom. The van der Waals surface area contributed by atoms with Gasteiger partial charge in [0.1, 0.15) is 5.75 Å². The highest BCUT2D eigenvalue weighted by molar-refractivity contribution is 7.89. The fraction of sp³-hybridized carbons (Fsp3) is 0.296. The molecule has 1 heterocycles. The average Bonchev–Trinajstić information content (AvgIpc) is 3.21. The van der Waals surface area contributed by atoms with Crippen molar-refractivity contribution in [3.63, 3.8) is 0 Å². The van der Waals surface area contributed by atoms with Crippen LogP contribution in [0, 0.1) is 13.8 Å². The lowest BCUT2D eigenvalue weighted by molar-refractivity contribution is 0.0683. The number of hydrogen-bond acceptors (Lipinski definition) is 4. The third-order valence-corrected chi connectivity index (χ3v) is 8.74. The molecular formula is C27H31N3O4S. The summed E-state index contributed by atoms with van der Waals surface area (Å²) in [4.78, 5) is 15.0. The lowest BCUT2D eigenvalue weighted by Crippen LogP contribution is -2.58. The Kier molecular flexibility index (Phi) is 6.87. The number of rotatable bonds is 8. The van der Waals surface area contributed by atoms with Gasteiger partial charge in [0.25, 0.3) is 0 Å². The molecule has 1 N–H and O–H groups in total. The van der Waals surface area contributed by atoms with Crippen LogP contribution in [-0.2, 0) is 22.1 Å². The van der Waals surface area contributed by atoms with Crippen LogP contribution in [-0.4, -0.2) is 50.9 Å². The van der Waals surface area contributed by atoms with Crippen LogP contribution >= 0.6 is 0 Å². The Labute approximate surface area is 207 Å². The molecule has 2 amide bonds. The number of nitrogens with zero attached hydrogens (tertiary/aromatic N) is 2. The summed E-state index contributed by atoms with van der Waals surface area (Å²) >= 11 is 0. The summed E-state index contributed by atoms with van der Waals surface area (Å²) in [6, 6.07) is 21.6. The van der Waals surface area contributed by atoms with Gasteiger partial charge in [-0.25, -0.2) is 13.2 Å². The van der Waals surface area contributed by atoms with E-state index < -0.39 is 15.7 Å². The van der Waals surface area contributed by atoms with Crippen LogP contribution in [0.15, 0.2) is 77.7 Å². The minimum atomic E-state index is -3.92. The smallest absolute Gasteiger partial charge is 0.319 e. The normalized spacial score (nSPS) is 18.1. The van der Waals surface area contributed by atoms with Gasteiger partial charge in [0, 0.05) is 13.6 Å². The van der Waals surface area contributed by atoms with Gasteiger partial charge in [0.15, 0.2) is 5.66 Å². The molecule has 4 rings (SSSR count). The summed E-state index contributed by atoms with van der Waals surface area (Å²) in [7, 11) is -0.748. The third-order valence-electron chi connectivity index (χ3n) is 6.85. The Hall–Kier alpha value is -3.36. The molecule has 1 unspecified atom stereocenters. The zero-order valence-electron chi connectivity index (χ0n) is 20.5. The monoisotopic (exact) mass is 493 g/mol. The van der Waals surface area contributed by atoms with Crippen LogP contribution in [0.4, 0.5) is 4.79 Å². The number of aryl methyl sites for hydroxylation is 2. The summed E-state index contributed by atoms with van der Waals surface area (Å²) in [5, 5.41) is 2.91. The van der Waals surface area contributed by atoms with E-state index >= 15 is 0 Å². The average molecular weight is 494 g/mol. The summed E-state index contributed by atoms with van der Waals surface area (Å²) in [5.74, 6) is 0.755. The lowest BCUT2D eigenvalue weighted by Gasteiger charge is -2.43. The molecule has 0 aromatic heterocycles. The molecule has 0 bridgehead atoms. The molecule has 1 aliphatic rings. The standard InChI is InChI=1S/C27H31N3O4S/c1-20-10-13-23(18-21(20)2)27(29(3)35(32,33)25-8-6-5-7-9-25)19-28-26(31)30(27)17-16-22-11-14-24(34-4)15-12-22/h5-15,18H,16-17,19H2,1-4H3,(H,28,31). The third kappa shape index (κ3) is 4.51. The molecular weight excluding hydrogens is 462 g/mol. The molecule has 1 atom stereocenters. The molecule has 1 aliphatic heterocycles. The minimum absolute atomic E-state index is 0.138. The van der Waals surface area contributed by atoms with E-state index in [9.17, 15) is 13.2 Å². The molecule has 0 aliphatic carbocycles. The number of amides is 2. The van der Waals surface area contributed by atoms with Gasteiger partial charge in [-0.15, -0.1) is 0 Å². The molecule has 3 aromatic carbocycles. The summed E-state index contributed by atoms with van der Waals surface area (Å²) in [6.45, 7) is 4.47. The van der Waals surface area contributed by atoms with E-state index in [2.05, 4.69) is 5.32 Å². The first kappa shape index (κ1) is 24.8. The van der Waals surface area contributed by atoms with E-state index in [1.807, 2.05) is 56.3 Å². The van der Waals surface area contributed by atoms with Gasteiger partial charge in [-0.2, -0.15) is 4.31 Å². The Bertz CT molecular complexity index is 1310. The van der Waals surface area contributed by atoms with Crippen LogP contribution in [0.5, 0.6) is 5.75 Å². The maximum absolute atomic E-state index is 13.8. The van der Waals surface area contributed by atoms with Crippen LogP contribution in [0.25, 0.3) is 0 Å². The first-order chi connectivity index (χ1) is 16.7. The number of ether oxygens (including phenoxy) is 1. The van der Waals surface area contributed by atoms with Crippen molar-refractivity contribution in [1.82, 2.24) is 14.5 Å². The fourth-order valence-corrected chi connectivity index (χ4v) is 6.02. The number of urea groups is 1.